The minimum absolute atomic E-state index is 0.0824. The van der Waals surface area contributed by atoms with E-state index in [2.05, 4.69) is 24.5 Å². The van der Waals surface area contributed by atoms with Gasteiger partial charge in [-0.15, -0.1) is 0 Å². The summed E-state index contributed by atoms with van der Waals surface area (Å²) < 4.78 is 0. The highest BCUT2D eigenvalue weighted by molar-refractivity contribution is 5.95. The third-order valence-electron chi connectivity index (χ3n) is 5.61. The van der Waals surface area contributed by atoms with Crippen molar-refractivity contribution in [2.75, 3.05) is 25.0 Å². The van der Waals surface area contributed by atoms with Crippen molar-refractivity contribution in [3.63, 3.8) is 0 Å². The minimum atomic E-state index is -0.172. The van der Waals surface area contributed by atoms with Crippen molar-refractivity contribution in [2.24, 2.45) is 17.8 Å². The van der Waals surface area contributed by atoms with Crippen LogP contribution in [0.3, 0.4) is 0 Å². The predicted octanol–water partition coefficient (Wildman–Crippen LogP) is 4.12. The van der Waals surface area contributed by atoms with Crippen molar-refractivity contribution in [2.45, 2.75) is 46.0 Å². The molecule has 142 valence electrons. The summed E-state index contributed by atoms with van der Waals surface area (Å²) in [5, 5.41) is 5.86. The standard InChI is InChI=1S/C21H31N3O2/c1-15-11-16(2)13-17(12-15)14-22-21(26)23-19-7-5-18(6-8-19)20(25)24-9-3-4-10-24/h5-8,15-17H,3-4,9-14H2,1-2H3,(H2,22,23,26). The zero-order valence-electron chi connectivity index (χ0n) is 16.0. The fraction of sp³-hybridized carbons (Fsp3) is 0.619. The van der Waals surface area contributed by atoms with E-state index in [-0.39, 0.29) is 11.9 Å². The maximum absolute atomic E-state index is 12.3. The molecular weight excluding hydrogens is 326 g/mol. The number of urea groups is 1. The van der Waals surface area contributed by atoms with Gasteiger partial charge in [0, 0.05) is 30.9 Å². The molecule has 3 rings (SSSR count). The quantitative estimate of drug-likeness (QED) is 0.851. The molecule has 3 amide bonds. The Morgan fingerprint density at radius 1 is 1.00 bits per heavy atom. The molecule has 0 aromatic heterocycles. The van der Waals surface area contributed by atoms with E-state index >= 15 is 0 Å². The van der Waals surface area contributed by atoms with Crippen LogP contribution >= 0.6 is 0 Å². The summed E-state index contributed by atoms with van der Waals surface area (Å²) in [5.41, 5.74) is 1.40. The average molecular weight is 357 g/mol. The van der Waals surface area contributed by atoms with E-state index in [9.17, 15) is 9.59 Å². The van der Waals surface area contributed by atoms with Crippen LogP contribution in [0.1, 0.15) is 56.3 Å². The van der Waals surface area contributed by atoms with Gasteiger partial charge in [-0.1, -0.05) is 13.8 Å². The Balaban J connectivity index is 1.46. The van der Waals surface area contributed by atoms with Gasteiger partial charge in [0.05, 0.1) is 0 Å². The normalized spacial score (nSPS) is 25.8. The smallest absolute Gasteiger partial charge is 0.319 e. The Labute approximate surface area is 156 Å². The molecule has 5 nitrogen and oxygen atoms in total. The number of anilines is 1. The van der Waals surface area contributed by atoms with Gasteiger partial charge in [-0.25, -0.2) is 4.79 Å². The Morgan fingerprint density at radius 3 is 2.23 bits per heavy atom. The average Bonchev–Trinajstić information content (AvgIpc) is 3.14. The molecule has 1 aromatic rings. The van der Waals surface area contributed by atoms with Gasteiger partial charge in [0.15, 0.2) is 0 Å². The third kappa shape index (κ3) is 4.99. The number of nitrogens with one attached hydrogen (secondary N) is 2. The van der Waals surface area contributed by atoms with Crippen molar-refractivity contribution >= 4 is 17.6 Å². The first-order valence-corrected chi connectivity index (χ1v) is 9.95. The van der Waals surface area contributed by atoms with Crippen LogP contribution < -0.4 is 10.6 Å². The third-order valence-corrected chi connectivity index (χ3v) is 5.61. The first-order chi connectivity index (χ1) is 12.5. The molecule has 2 unspecified atom stereocenters. The van der Waals surface area contributed by atoms with Gasteiger partial charge in [0.1, 0.15) is 0 Å². The van der Waals surface area contributed by atoms with Crippen LogP contribution in [0.4, 0.5) is 10.5 Å². The van der Waals surface area contributed by atoms with Gasteiger partial charge in [0.25, 0.3) is 5.91 Å². The molecule has 1 saturated heterocycles. The number of rotatable bonds is 4. The molecule has 2 atom stereocenters. The number of carbonyl (C=O) groups is 2. The SMILES string of the molecule is CC1CC(C)CC(CNC(=O)Nc2ccc(C(=O)N3CCCC3)cc2)C1. The second-order valence-corrected chi connectivity index (χ2v) is 8.20. The molecule has 0 radical (unpaired) electrons. The maximum atomic E-state index is 12.3. The molecule has 1 saturated carbocycles. The van der Waals surface area contributed by atoms with Crippen molar-refractivity contribution < 1.29 is 9.59 Å². The van der Waals surface area contributed by atoms with Gasteiger partial charge in [-0.2, -0.15) is 0 Å². The summed E-state index contributed by atoms with van der Waals surface area (Å²) in [7, 11) is 0. The number of hydrogen-bond acceptors (Lipinski definition) is 2. The number of benzene rings is 1. The van der Waals surface area contributed by atoms with Gasteiger partial charge >= 0.3 is 6.03 Å². The maximum Gasteiger partial charge on any atom is 0.319 e. The lowest BCUT2D eigenvalue weighted by atomic mass is 9.77. The number of amides is 3. The highest BCUT2D eigenvalue weighted by Crippen LogP contribution is 2.32. The molecule has 26 heavy (non-hydrogen) atoms. The predicted molar refractivity (Wildman–Crippen MR) is 104 cm³/mol. The monoisotopic (exact) mass is 357 g/mol. The first kappa shape index (κ1) is 18.7. The number of hydrogen-bond donors (Lipinski definition) is 2. The first-order valence-electron chi connectivity index (χ1n) is 9.95. The van der Waals surface area contributed by atoms with Gasteiger partial charge < -0.3 is 15.5 Å². The molecule has 2 aliphatic rings. The van der Waals surface area contributed by atoms with E-state index < -0.39 is 0 Å². The molecule has 2 N–H and O–H groups in total. The lowest BCUT2D eigenvalue weighted by Gasteiger charge is -2.31. The van der Waals surface area contributed by atoms with Crippen molar-refractivity contribution in [1.29, 1.82) is 0 Å². The van der Waals surface area contributed by atoms with Gasteiger partial charge in [-0.3, -0.25) is 4.79 Å². The fourth-order valence-electron chi connectivity index (χ4n) is 4.49. The fourth-order valence-corrected chi connectivity index (χ4v) is 4.49. The molecule has 1 aliphatic heterocycles. The van der Waals surface area contributed by atoms with Crippen LogP contribution in [0.5, 0.6) is 0 Å². The Morgan fingerprint density at radius 2 is 1.62 bits per heavy atom. The summed E-state index contributed by atoms with van der Waals surface area (Å²) >= 11 is 0. The minimum Gasteiger partial charge on any atom is -0.339 e. The second-order valence-electron chi connectivity index (χ2n) is 8.20. The summed E-state index contributed by atoms with van der Waals surface area (Å²) in [4.78, 5) is 26.4. The highest BCUT2D eigenvalue weighted by atomic mass is 16.2. The summed E-state index contributed by atoms with van der Waals surface area (Å²) in [6, 6.07) is 7.01. The Kier molecular flexibility index (Phi) is 6.17. The topological polar surface area (TPSA) is 61.4 Å². The van der Waals surface area contributed by atoms with Crippen LogP contribution in [-0.4, -0.2) is 36.5 Å². The Hall–Kier alpha value is -2.04. The van der Waals surface area contributed by atoms with E-state index in [4.69, 9.17) is 0 Å². The van der Waals surface area contributed by atoms with Gasteiger partial charge in [0.2, 0.25) is 0 Å². The van der Waals surface area contributed by atoms with E-state index in [0.717, 1.165) is 44.3 Å². The van der Waals surface area contributed by atoms with Crippen molar-refractivity contribution in [3.8, 4) is 0 Å². The lowest BCUT2D eigenvalue weighted by Crippen LogP contribution is -2.35. The number of nitrogens with zero attached hydrogens (tertiary/aromatic N) is 1. The van der Waals surface area contributed by atoms with Crippen LogP contribution in [0, 0.1) is 17.8 Å². The molecule has 5 heteroatoms. The number of carbonyl (C=O) groups excluding carboxylic acids is 2. The molecule has 1 aliphatic carbocycles. The van der Waals surface area contributed by atoms with E-state index in [1.165, 1.54) is 19.3 Å². The number of likely N-dealkylation sites (tertiary alicyclic amines) is 1. The largest absolute Gasteiger partial charge is 0.339 e. The van der Waals surface area contributed by atoms with Gasteiger partial charge in [-0.05, 0) is 74.1 Å². The molecule has 1 heterocycles. The van der Waals surface area contributed by atoms with Crippen LogP contribution in [0.15, 0.2) is 24.3 Å². The van der Waals surface area contributed by atoms with E-state index in [1.807, 2.05) is 4.90 Å². The van der Waals surface area contributed by atoms with E-state index in [1.54, 1.807) is 24.3 Å². The summed E-state index contributed by atoms with van der Waals surface area (Å²) in [6.07, 6.45) is 5.86. The zero-order valence-corrected chi connectivity index (χ0v) is 16.0. The van der Waals surface area contributed by atoms with Crippen molar-refractivity contribution in [3.05, 3.63) is 29.8 Å². The lowest BCUT2D eigenvalue weighted by molar-refractivity contribution is 0.0793. The van der Waals surface area contributed by atoms with Crippen LogP contribution in [0.2, 0.25) is 0 Å². The van der Waals surface area contributed by atoms with Crippen molar-refractivity contribution in [1.82, 2.24) is 10.2 Å². The van der Waals surface area contributed by atoms with Crippen LogP contribution in [-0.2, 0) is 0 Å². The molecule has 0 spiro atoms. The Bertz CT molecular complexity index is 613. The van der Waals surface area contributed by atoms with Crippen LogP contribution in [0.25, 0.3) is 0 Å². The molecular formula is C21H31N3O2. The van der Waals surface area contributed by atoms with E-state index in [0.29, 0.717) is 17.2 Å². The molecule has 2 fully saturated rings. The summed E-state index contributed by atoms with van der Waals surface area (Å²) in [5.74, 6) is 2.14. The summed E-state index contributed by atoms with van der Waals surface area (Å²) in [6.45, 7) is 7.02. The highest BCUT2D eigenvalue weighted by Gasteiger charge is 2.24. The molecule has 1 aromatic carbocycles. The second kappa shape index (κ2) is 8.56. The molecule has 0 bridgehead atoms. The zero-order chi connectivity index (χ0) is 18.5.